The van der Waals surface area contributed by atoms with Crippen LogP contribution in [-0.4, -0.2) is 12.3 Å². The quantitative estimate of drug-likeness (QED) is 0.631. The van der Waals surface area contributed by atoms with Crippen LogP contribution >= 0.6 is 0 Å². The van der Waals surface area contributed by atoms with Crippen molar-refractivity contribution in [2.24, 2.45) is 4.99 Å². The number of hydrogen-bond donors (Lipinski definition) is 1. The minimum absolute atomic E-state index is 0.498. The van der Waals surface area contributed by atoms with Gasteiger partial charge in [0.15, 0.2) is 0 Å². The van der Waals surface area contributed by atoms with E-state index in [1.165, 1.54) is 5.56 Å². The van der Waals surface area contributed by atoms with E-state index in [9.17, 15) is 0 Å². The molecule has 1 unspecified atom stereocenters. The number of rotatable bonds is 0. The van der Waals surface area contributed by atoms with Gasteiger partial charge in [-0.05, 0) is 24.6 Å². The maximum absolute atomic E-state index is 4.52. The van der Waals surface area contributed by atoms with Crippen LogP contribution in [0.25, 0.3) is 0 Å². The summed E-state index contributed by atoms with van der Waals surface area (Å²) in [6.07, 6.45) is 1.14. The average molecular weight is 170 g/mol. The maximum Gasteiger partial charge on any atom is 0.110 e. The SMILES string of the molecule is [C]1NCCC2C1=Nc1ccccc12. The predicted molar refractivity (Wildman–Crippen MR) is 52.1 cm³/mol. The molecule has 64 valence electrons. The molecule has 2 radical (unpaired) electrons. The first kappa shape index (κ1) is 7.27. The van der Waals surface area contributed by atoms with E-state index < -0.39 is 0 Å². The predicted octanol–water partition coefficient (Wildman–Crippen LogP) is 1.89. The summed E-state index contributed by atoms with van der Waals surface area (Å²) in [5, 5.41) is 3.11. The lowest BCUT2D eigenvalue weighted by Crippen LogP contribution is -2.29. The van der Waals surface area contributed by atoms with Gasteiger partial charge in [-0.2, -0.15) is 0 Å². The van der Waals surface area contributed by atoms with Crippen LogP contribution in [0.2, 0.25) is 0 Å². The van der Waals surface area contributed by atoms with Gasteiger partial charge in [0.1, 0.15) is 6.54 Å². The van der Waals surface area contributed by atoms with Crippen molar-refractivity contribution in [3.05, 3.63) is 36.4 Å². The molecule has 0 amide bonds. The Hall–Kier alpha value is -1.15. The first-order chi connectivity index (χ1) is 6.45. The number of para-hydroxylation sites is 1. The Morgan fingerprint density at radius 2 is 2.31 bits per heavy atom. The lowest BCUT2D eigenvalue weighted by molar-refractivity contribution is 0.670. The smallest absolute Gasteiger partial charge is 0.110 e. The molecule has 1 N–H and O–H groups in total. The zero-order chi connectivity index (χ0) is 8.67. The third-order valence-corrected chi connectivity index (χ3v) is 2.66. The van der Waals surface area contributed by atoms with Crippen LogP contribution in [0.4, 0.5) is 5.69 Å². The number of nitrogens with one attached hydrogen (secondary N) is 1. The molecule has 3 rings (SSSR count). The number of piperidine rings is 1. The minimum Gasteiger partial charge on any atom is -0.302 e. The van der Waals surface area contributed by atoms with Gasteiger partial charge in [0.05, 0.1) is 11.4 Å². The molecule has 0 aromatic heterocycles. The molecule has 2 nitrogen and oxygen atoms in total. The van der Waals surface area contributed by atoms with E-state index in [-0.39, 0.29) is 0 Å². The van der Waals surface area contributed by atoms with Crippen molar-refractivity contribution in [2.75, 3.05) is 6.54 Å². The second-order valence-electron chi connectivity index (χ2n) is 3.45. The molecule has 1 saturated heterocycles. The maximum atomic E-state index is 4.52. The number of benzene rings is 1. The molecule has 2 heterocycles. The van der Waals surface area contributed by atoms with Gasteiger partial charge in [0, 0.05) is 5.92 Å². The first-order valence-electron chi connectivity index (χ1n) is 4.61. The Morgan fingerprint density at radius 1 is 1.38 bits per heavy atom. The highest BCUT2D eigenvalue weighted by Crippen LogP contribution is 2.38. The Bertz CT molecular complexity index is 368. The third kappa shape index (κ3) is 1.02. The summed E-state index contributed by atoms with van der Waals surface area (Å²) in [7, 11) is 0. The fourth-order valence-corrected chi connectivity index (χ4v) is 2.02. The normalized spacial score (nSPS) is 24.9. The van der Waals surface area contributed by atoms with Crippen molar-refractivity contribution in [3.63, 3.8) is 0 Å². The first-order valence-corrected chi connectivity index (χ1v) is 4.61. The molecule has 0 saturated carbocycles. The van der Waals surface area contributed by atoms with Gasteiger partial charge in [-0.1, -0.05) is 18.2 Å². The van der Waals surface area contributed by atoms with Crippen molar-refractivity contribution in [2.45, 2.75) is 12.3 Å². The van der Waals surface area contributed by atoms with Crippen LogP contribution in [0.3, 0.4) is 0 Å². The molecule has 1 aromatic rings. The van der Waals surface area contributed by atoms with Crippen LogP contribution in [0.15, 0.2) is 29.3 Å². The highest BCUT2D eigenvalue weighted by Gasteiger charge is 2.29. The van der Waals surface area contributed by atoms with E-state index in [1.807, 2.05) is 6.07 Å². The zero-order valence-electron chi connectivity index (χ0n) is 7.25. The lowest BCUT2D eigenvalue weighted by atomic mass is 9.90. The lowest BCUT2D eigenvalue weighted by Gasteiger charge is -2.19. The van der Waals surface area contributed by atoms with Gasteiger partial charge < -0.3 is 5.32 Å². The molecule has 1 atom stereocenters. The largest absolute Gasteiger partial charge is 0.302 e. The Kier molecular flexibility index (Phi) is 1.49. The van der Waals surface area contributed by atoms with Gasteiger partial charge in [-0.15, -0.1) is 0 Å². The summed E-state index contributed by atoms with van der Waals surface area (Å²) >= 11 is 0. The molecule has 2 aliphatic rings. The van der Waals surface area contributed by atoms with E-state index in [2.05, 4.69) is 35.1 Å². The number of aliphatic imine (C=N–C) groups is 1. The second-order valence-corrected chi connectivity index (χ2v) is 3.45. The van der Waals surface area contributed by atoms with Gasteiger partial charge in [0.2, 0.25) is 0 Å². The van der Waals surface area contributed by atoms with Crippen LogP contribution in [-0.2, 0) is 0 Å². The molecule has 0 aliphatic carbocycles. The number of hydrogen-bond acceptors (Lipinski definition) is 2. The van der Waals surface area contributed by atoms with E-state index in [0.717, 1.165) is 24.4 Å². The minimum atomic E-state index is 0.498. The van der Waals surface area contributed by atoms with Crippen molar-refractivity contribution < 1.29 is 0 Å². The summed E-state index contributed by atoms with van der Waals surface area (Å²) in [6, 6.07) is 8.36. The summed E-state index contributed by atoms with van der Waals surface area (Å²) in [4.78, 5) is 4.52. The van der Waals surface area contributed by atoms with Crippen LogP contribution in [0.5, 0.6) is 0 Å². The summed E-state index contributed by atoms with van der Waals surface area (Å²) in [6.45, 7) is 4.14. The summed E-state index contributed by atoms with van der Waals surface area (Å²) < 4.78 is 0. The monoisotopic (exact) mass is 170 g/mol. The van der Waals surface area contributed by atoms with Crippen molar-refractivity contribution in [1.29, 1.82) is 0 Å². The second kappa shape index (κ2) is 2.67. The fraction of sp³-hybridized carbons (Fsp3) is 0.273. The molecular formula is C11H10N2. The Morgan fingerprint density at radius 3 is 3.31 bits per heavy atom. The average Bonchev–Trinajstić information content (AvgIpc) is 2.56. The molecule has 2 aliphatic heterocycles. The van der Waals surface area contributed by atoms with E-state index >= 15 is 0 Å². The van der Waals surface area contributed by atoms with Crippen molar-refractivity contribution in [1.82, 2.24) is 5.32 Å². The van der Waals surface area contributed by atoms with E-state index in [4.69, 9.17) is 0 Å². The molecule has 13 heavy (non-hydrogen) atoms. The Labute approximate surface area is 77.7 Å². The van der Waals surface area contributed by atoms with Crippen molar-refractivity contribution in [3.8, 4) is 0 Å². The number of fused-ring (bicyclic) bond motifs is 3. The molecule has 1 aromatic carbocycles. The highest BCUT2D eigenvalue weighted by atomic mass is 14.9. The van der Waals surface area contributed by atoms with Crippen LogP contribution in [0.1, 0.15) is 17.9 Å². The molecule has 1 fully saturated rings. The molecular weight excluding hydrogens is 160 g/mol. The summed E-state index contributed by atoms with van der Waals surface area (Å²) in [5.74, 6) is 0.498. The fourth-order valence-electron chi connectivity index (χ4n) is 2.02. The van der Waals surface area contributed by atoms with Gasteiger partial charge in [-0.3, -0.25) is 4.99 Å². The number of nitrogens with zero attached hydrogens (tertiary/aromatic N) is 1. The van der Waals surface area contributed by atoms with Gasteiger partial charge in [-0.25, -0.2) is 0 Å². The van der Waals surface area contributed by atoms with Crippen LogP contribution in [0, 0.1) is 6.54 Å². The standard InChI is InChI=1S/C11H10N2/c1-2-4-10-8(3-1)9-5-6-12-7-11(9)13-10/h1-4,9,12H,5-6H2. The summed E-state index contributed by atoms with van der Waals surface area (Å²) in [5.41, 5.74) is 3.57. The van der Waals surface area contributed by atoms with Crippen molar-refractivity contribution >= 4 is 11.4 Å². The van der Waals surface area contributed by atoms with E-state index in [0.29, 0.717) is 5.92 Å². The van der Waals surface area contributed by atoms with Gasteiger partial charge in [0.25, 0.3) is 0 Å². The third-order valence-electron chi connectivity index (χ3n) is 2.66. The zero-order valence-corrected chi connectivity index (χ0v) is 7.25. The van der Waals surface area contributed by atoms with E-state index in [1.54, 1.807) is 0 Å². The highest BCUT2D eigenvalue weighted by molar-refractivity contribution is 6.03. The molecule has 0 spiro atoms. The Balaban J connectivity index is 2.09. The van der Waals surface area contributed by atoms with Gasteiger partial charge >= 0.3 is 0 Å². The topological polar surface area (TPSA) is 24.4 Å². The van der Waals surface area contributed by atoms with Crippen LogP contribution < -0.4 is 5.32 Å². The molecule has 2 heteroatoms. The molecule has 0 bridgehead atoms.